The van der Waals surface area contributed by atoms with Crippen LogP contribution in [0, 0.1) is 28.1 Å². The van der Waals surface area contributed by atoms with Crippen LogP contribution < -0.4 is 4.74 Å². The molecule has 1 aromatic carbocycles. The number of benzene rings is 1. The van der Waals surface area contributed by atoms with Crippen LogP contribution >= 0.6 is 11.6 Å². The molecule has 1 aliphatic carbocycles. The van der Waals surface area contributed by atoms with Gasteiger partial charge in [-0.3, -0.25) is 9.69 Å². The van der Waals surface area contributed by atoms with Gasteiger partial charge in [-0.15, -0.1) is 0 Å². The maximum absolute atomic E-state index is 11.9. The van der Waals surface area contributed by atoms with E-state index >= 15 is 0 Å². The summed E-state index contributed by atoms with van der Waals surface area (Å²) >= 11 is 6.24. The molecule has 1 N–H and O–H groups in total. The standard InChI is InChI=1S/C28H35ClN2O5/c1-17(18(2)32)10-11-28(7,31-14-21(15-31)35-16-23(33)34)24-26(3,4)25(27(24,5)6)36-20-9-8-19(13-30)22(29)12-20/h8-12,21,24-25H,1,14-16H2,2-7H3,(H,33,34)/b11-10-. The largest absolute Gasteiger partial charge is 0.489 e. The van der Waals surface area contributed by atoms with Gasteiger partial charge < -0.3 is 14.6 Å². The van der Waals surface area contributed by atoms with Crippen molar-refractivity contribution in [2.24, 2.45) is 16.7 Å². The lowest BCUT2D eigenvalue weighted by molar-refractivity contribution is -0.248. The number of Topliss-reactive ketones (excluding diaryl/α,β-unsaturated/α-hetero) is 1. The van der Waals surface area contributed by atoms with E-state index in [1.54, 1.807) is 24.3 Å². The van der Waals surface area contributed by atoms with Crippen LogP contribution in [0.15, 0.2) is 42.5 Å². The first-order valence-electron chi connectivity index (χ1n) is 12.0. The Hall–Kier alpha value is -2.66. The highest BCUT2D eigenvalue weighted by molar-refractivity contribution is 6.31. The Morgan fingerprint density at radius 1 is 1.31 bits per heavy atom. The van der Waals surface area contributed by atoms with Gasteiger partial charge in [0.05, 0.1) is 16.7 Å². The molecule has 0 aromatic heterocycles. The van der Waals surface area contributed by atoms with E-state index in [9.17, 15) is 14.9 Å². The van der Waals surface area contributed by atoms with E-state index in [1.807, 2.05) is 6.08 Å². The first kappa shape index (κ1) is 27.9. The molecule has 3 rings (SSSR count). The van der Waals surface area contributed by atoms with Crippen LogP contribution in [0.3, 0.4) is 0 Å². The van der Waals surface area contributed by atoms with Crippen molar-refractivity contribution in [3.05, 3.63) is 53.1 Å². The molecule has 1 aliphatic heterocycles. The van der Waals surface area contributed by atoms with Crippen molar-refractivity contribution in [2.45, 2.75) is 59.3 Å². The number of nitrogens with zero attached hydrogens (tertiary/aromatic N) is 2. The molecule has 8 heteroatoms. The van der Waals surface area contributed by atoms with Crippen LogP contribution in [0.4, 0.5) is 0 Å². The van der Waals surface area contributed by atoms with Crippen LogP contribution in [-0.4, -0.2) is 59.2 Å². The lowest BCUT2D eigenvalue weighted by atomic mass is 9.40. The SMILES string of the molecule is C=C(/C=C\C(C)(C1C(C)(C)C(Oc2ccc(C#N)c(Cl)c2)C1(C)C)N1CC(OCC(=O)O)C1)C(C)=O. The Kier molecular flexibility index (Phi) is 7.76. The Labute approximate surface area is 218 Å². The third-order valence-corrected chi connectivity index (χ3v) is 8.10. The molecule has 194 valence electrons. The summed E-state index contributed by atoms with van der Waals surface area (Å²) in [7, 11) is 0. The number of allylic oxidation sites excluding steroid dienone is 2. The first-order chi connectivity index (χ1) is 16.6. The minimum atomic E-state index is -0.988. The molecule has 2 fully saturated rings. The van der Waals surface area contributed by atoms with Crippen molar-refractivity contribution in [1.29, 1.82) is 5.26 Å². The summed E-state index contributed by atoms with van der Waals surface area (Å²) in [6.07, 6.45) is 3.52. The van der Waals surface area contributed by atoms with E-state index in [0.717, 1.165) is 0 Å². The zero-order valence-corrected chi connectivity index (χ0v) is 22.6. The minimum Gasteiger partial charge on any atom is -0.489 e. The topological polar surface area (TPSA) is 99.9 Å². The number of ether oxygens (including phenoxy) is 2. The number of rotatable bonds is 10. The molecule has 1 saturated carbocycles. The average molecular weight is 515 g/mol. The number of carboxylic acid groups (broad SMARTS) is 1. The molecule has 1 aromatic rings. The van der Waals surface area contributed by atoms with Crippen molar-refractivity contribution >= 4 is 23.4 Å². The summed E-state index contributed by atoms with van der Waals surface area (Å²) in [5.41, 5.74) is -0.220. The van der Waals surface area contributed by atoms with Crippen molar-refractivity contribution in [2.75, 3.05) is 19.7 Å². The fourth-order valence-corrected chi connectivity index (χ4v) is 6.84. The number of ketones is 1. The molecule has 0 bridgehead atoms. The van der Waals surface area contributed by atoms with Crippen LogP contribution in [0.1, 0.15) is 47.1 Å². The molecule has 7 nitrogen and oxygen atoms in total. The Morgan fingerprint density at radius 2 is 1.92 bits per heavy atom. The van der Waals surface area contributed by atoms with Gasteiger partial charge in [0.15, 0.2) is 5.78 Å². The van der Waals surface area contributed by atoms with E-state index < -0.39 is 11.5 Å². The summed E-state index contributed by atoms with van der Waals surface area (Å²) < 4.78 is 12.0. The number of carboxylic acids is 1. The highest BCUT2D eigenvalue weighted by atomic mass is 35.5. The van der Waals surface area contributed by atoms with Crippen molar-refractivity contribution in [3.63, 3.8) is 0 Å². The molecule has 0 amide bonds. The molecule has 36 heavy (non-hydrogen) atoms. The van der Waals surface area contributed by atoms with Crippen LogP contribution in [0.5, 0.6) is 5.75 Å². The second-order valence-corrected chi connectivity index (χ2v) is 11.6. The minimum absolute atomic E-state index is 0.0917. The molecule has 1 atom stereocenters. The highest BCUT2D eigenvalue weighted by Gasteiger charge is 2.69. The van der Waals surface area contributed by atoms with E-state index in [0.29, 0.717) is 35.0 Å². The maximum Gasteiger partial charge on any atom is 0.329 e. The number of carbonyl (C=O) groups is 2. The van der Waals surface area contributed by atoms with Gasteiger partial charge in [0.25, 0.3) is 0 Å². The van der Waals surface area contributed by atoms with E-state index in [2.05, 4.69) is 52.2 Å². The normalized spacial score (nSPS) is 24.7. The third kappa shape index (κ3) is 5.08. The summed E-state index contributed by atoms with van der Waals surface area (Å²) in [4.78, 5) is 25.0. The van der Waals surface area contributed by atoms with Crippen molar-refractivity contribution in [1.82, 2.24) is 4.90 Å². The van der Waals surface area contributed by atoms with Crippen LogP contribution in [0.25, 0.3) is 0 Å². The van der Waals surface area contributed by atoms with Crippen LogP contribution in [-0.2, 0) is 14.3 Å². The van der Waals surface area contributed by atoms with E-state index in [1.165, 1.54) is 6.92 Å². The molecular weight excluding hydrogens is 480 g/mol. The number of nitriles is 1. The lowest BCUT2D eigenvalue weighted by Crippen LogP contribution is -2.77. The quantitative estimate of drug-likeness (QED) is 0.350. The van der Waals surface area contributed by atoms with Crippen LogP contribution in [0.2, 0.25) is 5.02 Å². The number of hydrogen-bond donors (Lipinski definition) is 1. The molecular formula is C28H35ClN2O5. The maximum atomic E-state index is 11.9. The molecule has 0 radical (unpaired) electrons. The predicted octanol–water partition coefficient (Wildman–Crippen LogP) is 4.89. The van der Waals surface area contributed by atoms with E-state index in [-0.39, 0.29) is 41.3 Å². The monoisotopic (exact) mass is 514 g/mol. The smallest absolute Gasteiger partial charge is 0.329 e. The van der Waals surface area contributed by atoms with Crippen molar-refractivity contribution in [3.8, 4) is 11.8 Å². The molecule has 2 aliphatic rings. The number of aliphatic carboxylic acids is 1. The number of carbonyl (C=O) groups excluding carboxylic acids is 1. The second kappa shape index (κ2) is 10.0. The van der Waals surface area contributed by atoms with E-state index in [4.69, 9.17) is 26.2 Å². The fourth-order valence-electron chi connectivity index (χ4n) is 6.63. The zero-order chi connectivity index (χ0) is 27.1. The molecule has 1 heterocycles. The van der Waals surface area contributed by atoms with Gasteiger partial charge in [-0.05, 0) is 31.9 Å². The molecule has 1 unspecified atom stereocenters. The molecule has 0 spiro atoms. The average Bonchev–Trinajstić information content (AvgIpc) is 2.73. The highest BCUT2D eigenvalue weighted by Crippen LogP contribution is 2.65. The summed E-state index contributed by atoms with van der Waals surface area (Å²) in [6.45, 7) is 17.0. The number of hydrogen-bond acceptors (Lipinski definition) is 6. The van der Waals surface area contributed by atoms with Gasteiger partial charge in [0.1, 0.15) is 24.5 Å². The zero-order valence-electron chi connectivity index (χ0n) is 21.8. The van der Waals surface area contributed by atoms with Gasteiger partial charge in [-0.2, -0.15) is 5.26 Å². The van der Waals surface area contributed by atoms with Gasteiger partial charge in [0, 0.05) is 41.1 Å². The second-order valence-electron chi connectivity index (χ2n) is 11.2. The van der Waals surface area contributed by atoms with Gasteiger partial charge in [-0.1, -0.05) is 58.0 Å². The Balaban J connectivity index is 1.89. The van der Waals surface area contributed by atoms with Gasteiger partial charge >= 0.3 is 5.97 Å². The summed E-state index contributed by atoms with van der Waals surface area (Å²) in [6, 6.07) is 7.16. The predicted molar refractivity (Wildman–Crippen MR) is 138 cm³/mol. The van der Waals surface area contributed by atoms with Gasteiger partial charge in [0.2, 0.25) is 0 Å². The lowest BCUT2D eigenvalue weighted by Gasteiger charge is -2.70. The van der Waals surface area contributed by atoms with Gasteiger partial charge in [-0.25, -0.2) is 4.79 Å². The summed E-state index contributed by atoms with van der Waals surface area (Å²) in [5.74, 6) is -0.367. The third-order valence-electron chi connectivity index (χ3n) is 7.78. The molecule has 1 saturated heterocycles. The first-order valence-corrected chi connectivity index (χ1v) is 12.4. The van der Waals surface area contributed by atoms with Crippen molar-refractivity contribution < 1.29 is 24.2 Å². The number of likely N-dealkylation sites (tertiary alicyclic amines) is 1. The fraction of sp³-hybridized carbons (Fsp3) is 0.536. The Bertz CT molecular complexity index is 1110. The summed E-state index contributed by atoms with van der Waals surface area (Å²) in [5, 5.41) is 18.5. The number of halogens is 1. The Morgan fingerprint density at radius 3 is 2.42 bits per heavy atom.